The van der Waals surface area contributed by atoms with Gasteiger partial charge in [-0.2, -0.15) is 0 Å². The number of carbonyl (C=O) groups is 6. The first kappa shape index (κ1) is 40.8. The Bertz CT molecular complexity index is 1760. The number of nitrogens with zero attached hydrogens (tertiary/aromatic N) is 2. The van der Waals surface area contributed by atoms with Gasteiger partial charge in [-0.25, -0.2) is 22.4 Å². The van der Waals surface area contributed by atoms with Gasteiger partial charge in [0.05, 0.1) is 18.3 Å². The van der Waals surface area contributed by atoms with Crippen LogP contribution in [-0.4, -0.2) is 95.7 Å². The smallest absolute Gasteiger partial charge is 0.410 e. The van der Waals surface area contributed by atoms with Crippen molar-refractivity contribution in [2.75, 3.05) is 13.1 Å². The van der Waals surface area contributed by atoms with Crippen molar-refractivity contribution >= 4 is 45.8 Å². The molecule has 0 aromatic heterocycles. The van der Waals surface area contributed by atoms with Gasteiger partial charge < -0.3 is 30.7 Å². The number of primary amides is 1. The van der Waals surface area contributed by atoms with Crippen LogP contribution in [0, 0.1) is 11.7 Å². The molecule has 290 valence electrons. The molecule has 1 aromatic carbocycles. The van der Waals surface area contributed by atoms with Crippen LogP contribution in [0.1, 0.15) is 70.4 Å². The minimum Gasteiger partial charge on any atom is -0.444 e. The number of nitrogens with one attached hydrogen (secondary N) is 3. The molecule has 4 atom stereocenters. The van der Waals surface area contributed by atoms with Gasteiger partial charge in [0.1, 0.15) is 29.1 Å². The van der Waals surface area contributed by atoms with E-state index in [2.05, 4.69) is 33.3 Å². The number of rotatable bonds is 12. The van der Waals surface area contributed by atoms with Crippen molar-refractivity contribution in [1.29, 1.82) is 0 Å². The maximum absolute atomic E-state index is 14.2. The van der Waals surface area contributed by atoms with Gasteiger partial charge in [0.25, 0.3) is 5.91 Å². The van der Waals surface area contributed by atoms with Crippen LogP contribution in [0.25, 0.3) is 0 Å². The molecule has 4 aliphatic rings. The molecule has 2 saturated carbocycles. The van der Waals surface area contributed by atoms with E-state index >= 15 is 0 Å². The number of amides is 6. The second-order valence-electron chi connectivity index (χ2n) is 14.4. The molecular formula is C35H47FN6O10S. The summed E-state index contributed by atoms with van der Waals surface area (Å²) in [7, 11) is -3.89. The van der Waals surface area contributed by atoms with Gasteiger partial charge in [0.2, 0.25) is 27.7 Å². The fourth-order valence-corrected chi connectivity index (χ4v) is 7.49. The Balaban J connectivity index is 0.000000703. The van der Waals surface area contributed by atoms with Crippen molar-refractivity contribution in [3.63, 3.8) is 0 Å². The summed E-state index contributed by atoms with van der Waals surface area (Å²) in [5.74, 6) is -3.37. The third kappa shape index (κ3) is 10.5. The summed E-state index contributed by atoms with van der Waals surface area (Å²) >= 11 is 0. The monoisotopic (exact) mass is 762 g/mol. The first-order valence-corrected chi connectivity index (χ1v) is 18.8. The fourth-order valence-electron chi connectivity index (χ4n) is 6.12. The van der Waals surface area contributed by atoms with E-state index in [-0.39, 0.29) is 51.9 Å². The predicted octanol–water partition coefficient (Wildman–Crippen LogP) is 1.88. The number of sulfonamides is 1. The SMILES string of the molecule is C=CC(=O)NCCCC(=O)N1C[C@H](OC(=O)N2Cc3cccc(F)c3C2)C[C@H]1C(=O)N[C@]1(C(=O)NS(=O)(=O)C2CC2)CC1C=C.CC(C)(C)OC(N)=O. The Labute approximate surface area is 307 Å². The highest BCUT2D eigenvalue weighted by Crippen LogP contribution is 2.45. The number of nitrogens with two attached hydrogens (primary N) is 1. The lowest BCUT2D eigenvalue weighted by molar-refractivity contribution is -0.139. The lowest BCUT2D eigenvalue weighted by Gasteiger charge is -2.26. The highest BCUT2D eigenvalue weighted by Gasteiger charge is 2.62. The summed E-state index contributed by atoms with van der Waals surface area (Å²) in [6.45, 7) is 12.6. The molecule has 1 unspecified atom stereocenters. The summed E-state index contributed by atoms with van der Waals surface area (Å²) in [5, 5.41) is 4.60. The Hall–Kier alpha value is -5.00. The Morgan fingerprint density at radius 1 is 1.11 bits per heavy atom. The molecule has 2 heterocycles. The van der Waals surface area contributed by atoms with Gasteiger partial charge in [-0.05, 0) is 64.2 Å². The first-order chi connectivity index (χ1) is 24.8. The third-order valence-electron chi connectivity index (χ3n) is 9.05. The van der Waals surface area contributed by atoms with Crippen LogP contribution >= 0.6 is 0 Å². The Morgan fingerprint density at radius 3 is 2.36 bits per heavy atom. The van der Waals surface area contributed by atoms with Crippen LogP contribution in [0.5, 0.6) is 0 Å². The van der Waals surface area contributed by atoms with Gasteiger partial charge in [0.15, 0.2) is 0 Å². The predicted molar refractivity (Wildman–Crippen MR) is 188 cm³/mol. The lowest BCUT2D eigenvalue weighted by Crippen LogP contribution is -2.56. The zero-order chi connectivity index (χ0) is 39.3. The van der Waals surface area contributed by atoms with E-state index in [4.69, 9.17) is 10.5 Å². The summed E-state index contributed by atoms with van der Waals surface area (Å²) in [4.78, 5) is 77.3. The van der Waals surface area contributed by atoms with Gasteiger partial charge in [-0.1, -0.05) is 24.8 Å². The lowest BCUT2D eigenvalue weighted by atomic mass is 10.1. The Morgan fingerprint density at radius 2 is 1.81 bits per heavy atom. The number of benzene rings is 1. The zero-order valence-electron chi connectivity index (χ0n) is 30.0. The van der Waals surface area contributed by atoms with Crippen LogP contribution in [-0.2, 0) is 51.8 Å². The summed E-state index contributed by atoms with van der Waals surface area (Å²) < 4.78 is 51.5. The van der Waals surface area contributed by atoms with E-state index < -0.39 is 86.1 Å². The van der Waals surface area contributed by atoms with Crippen molar-refractivity contribution in [3.05, 3.63) is 60.5 Å². The molecule has 6 amide bonds. The van der Waals surface area contributed by atoms with E-state index in [1.165, 1.54) is 21.9 Å². The van der Waals surface area contributed by atoms with Gasteiger partial charge in [-0.3, -0.25) is 28.8 Å². The summed E-state index contributed by atoms with van der Waals surface area (Å²) in [6, 6.07) is 3.45. The summed E-state index contributed by atoms with van der Waals surface area (Å²) in [6.07, 6.45) is 1.38. The zero-order valence-corrected chi connectivity index (χ0v) is 30.8. The second-order valence-corrected chi connectivity index (χ2v) is 16.3. The highest BCUT2D eigenvalue weighted by atomic mass is 32.2. The number of hydrogen-bond donors (Lipinski definition) is 4. The molecule has 5 N–H and O–H groups in total. The maximum atomic E-state index is 14.2. The standard InChI is InChI=1S/C30H36FN5O8S.C5H11NO2/c1-3-19-14-30(19,28(40)34-45(42,43)21-10-11-21)33-27(39)24-13-20(16-36(24)26(38)9-6-12-32-25(37)4-2)44-29(41)35-15-18-7-5-8-23(31)22(18)17-35;1-5(2,3)8-4(6)7/h3-5,7-8,19-21,24H,1-2,6,9-17H2,(H,32,37)(H,33,39)(H,34,40);1-3H3,(H2,6,7)/t19?,20-,24+,30-;/m1./s1. The number of ether oxygens (including phenoxy) is 2. The molecule has 0 spiro atoms. The quantitative estimate of drug-likeness (QED) is 0.138. The van der Waals surface area contributed by atoms with E-state index in [0.717, 1.165) is 6.08 Å². The van der Waals surface area contributed by atoms with Gasteiger partial charge in [-0.15, -0.1) is 6.58 Å². The molecular weight excluding hydrogens is 715 g/mol. The van der Waals surface area contributed by atoms with Crippen LogP contribution in [0.2, 0.25) is 0 Å². The summed E-state index contributed by atoms with van der Waals surface area (Å²) in [5.41, 5.74) is 3.77. The molecule has 0 radical (unpaired) electrons. The third-order valence-corrected chi connectivity index (χ3v) is 10.9. The molecule has 16 nitrogen and oxygen atoms in total. The minimum atomic E-state index is -3.89. The van der Waals surface area contributed by atoms with Crippen molar-refractivity contribution < 1.29 is 51.0 Å². The second kappa shape index (κ2) is 16.3. The number of halogens is 1. The van der Waals surface area contributed by atoms with Crippen LogP contribution < -0.4 is 21.1 Å². The maximum Gasteiger partial charge on any atom is 0.410 e. The van der Waals surface area contributed by atoms with Crippen LogP contribution in [0.3, 0.4) is 0 Å². The van der Waals surface area contributed by atoms with Gasteiger partial charge in [0, 0.05) is 37.4 Å². The van der Waals surface area contributed by atoms with Crippen molar-refractivity contribution in [3.8, 4) is 0 Å². The van der Waals surface area contributed by atoms with Crippen molar-refractivity contribution in [2.45, 2.75) is 101 Å². The van der Waals surface area contributed by atoms with Crippen LogP contribution in [0.4, 0.5) is 14.0 Å². The fraction of sp³-hybridized carbons (Fsp3) is 0.543. The number of hydrogen-bond acceptors (Lipinski definition) is 10. The highest BCUT2D eigenvalue weighted by molar-refractivity contribution is 7.91. The number of carbonyl (C=O) groups excluding carboxylic acids is 6. The molecule has 1 aromatic rings. The molecule has 2 aliphatic heterocycles. The molecule has 0 bridgehead atoms. The number of fused-ring (bicyclic) bond motifs is 1. The number of likely N-dealkylation sites (tertiary alicyclic amines) is 1. The Kier molecular flexibility index (Phi) is 12.6. The molecule has 1 saturated heterocycles. The van der Waals surface area contributed by atoms with Crippen molar-refractivity contribution in [2.24, 2.45) is 11.7 Å². The molecule has 2 aliphatic carbocycles. The van der Waals surface area contributed by atoms with Gasteiger partial charge >= 0.3 is 12.2 Å². The molecule has 53 heavy (non-hydrogen) atoms. The van der Waals surface area contributed by atoms with E-state index in [1.54, 1.807) is 32.9 Å². The van der Waals surface area contributed by atoms with E-state index in [9.17, 15) is 41.6 Å². The molecule has 18 heteroatoms. The van der Waals surface area contributed by atoms with Crippen molar-refractivity contribution in [1.82, 2.24) is 25.2 Å². The normalized spacial score (nSPS) is 23.0. The topological polar surface area (TPSA) is 224 Å². The molecule has 3 fully saturated rings. The first-order valence-electron chi connectivity index (χ1n) is 17.2. The minimum absolute atomic E-state index is 0.0148. The average molecular weight is 763 g/mol. The van der Waals surface area contributed by atoms with E-state index in [1.807, 2.05) is 0 Å². The molecule has 5 rings (SSSR count). The largest absolute Gasteiger partial charge is 0.444 e. The van der Waals surface area contributed by atoms with E-state index in [0.29, 0.717) is 24.0 Å². The van der Waals surface area contributed by atoms with Crippen LogP contribution in [0.15, 0.2) is 43.5 Å². The average Bonchev–Trinajstić information content (AvgIpc) is 3.96.